The fourth-order valence-electron chi connectivity index (χ4n) is 4.61. The predicted molar refractivity (Wildman–Crippen MR) is 142 cm³/mol. The zero-order valence-electron chi connectivity index (χ0n) is 18.2. The number of hydrogen-bond donors (Lipinski definition) is 1. The van der Waals surface area contributed by atoms with Gasteiger partial charge >= 0.3 is 0 Å². The zero-order chi connectivity index (χ0) is 22.0. The third kappa shape index (κ3) is 3.75. The molecule has 0 aliphatic carbocycles. The number of hydrogen-bond acceptors (Lipinski definition) is 1. The Morgan fingerprint density at radius 1 is 0.364 bits per heavy atom. The van der Waals surface area contributed by atoms with E-state index in [9.17, 15) is 0 Å². The van der Waals surface area contributed by atoms with Crippen LogP contribution in [0.2, 0.25) is 0 Å². The van der Waals surface area contributed by atoms with Gasteiger partial charge in [-0.25, -0.2) is 0 Å². The standard InChI is InChI=1S/C32H23N/c1-2-9-23(10-3-1)24-17-19-27(20-18-24)33-28-21-26-12-5-7-15-30(26)32(22-28)31-16-8-13-25-11-4-6-14-29(25)31/h1-22,33H. The molecule has 0 heterocycles. The van der Waals surface area contributed by atoms with Crippen LogP contribution in [0.25, 0.3) is 43.8 Å². The predicted octanol–water partition coefficient (Wildman–Crippen LogP) is 9.07. The highest BCUT2D eigenvalue weighted by Gasteiger charge is 2.10. The van der Waals surface area contributed by atoms with E-state index in [1.54, 1.807) is 0 Å². The van der Waals surface area contributed by atoms with Crippen LogP contribution in [0.4, 0.5) is 11.4 Å². The maximum absolute atomic E-state index is 3.63. The molecule has 156 valence electrons. The van der Waals surface area contributed by atoms with E-state index in [-0.39, 0.29) is 0 Å². The second kappa shape index (κ2) is 8.29. The van der Waals surface area contributed by atoms with Gasteiger partial charge < -0.3 is 5.32 Å². The maximum atomic E-state index is 3.63. The monoisotopic (exact) mass is 421 g/mol. The lowest BCUT2D eigenvalue weighted by atomic mass is 9.93. The molecular weight excluding hydrogens is 398 g/mol. The smallest absolute Gasteiger partial charge is 0.0396 e. The SMILES string of the molecule is c1ccc(-c2ccc(Nc3cc(-c4cccc5ccccc45)c4ccccc4c3)cc2)cc1. The van der Waals surface area contributed by atoms with E-state index < -0.39 is 0 Å². The Balaban J connectivity index is 1.43. The molecule has 0 saturated carbocycles. The summed E-state index contributed by atoms with van der Waals surface area (Å²) < 4.78 is 0. The Bertz CT molecular complexity index is 1560. The van der Waals surface area contributed by atoms with Gasteiger partial charge in [0.25, 0.3) is 0 Å². The molecule has 0 atom stereocenters. The van der Waals surface area contributed by atoms with Gasteiger partial charge in [0.2, 0.25) is 0 Å². The highest BCUT2D eigenvalue weighted by molar-refractivity contribution is 6.07. The first-order valence-corrected chi connectivity index (χ1v) is 11.3. The molecule has 1 N–H and O–H groups in total. The molecule has 0 saturated heterocycles. The molecule has 6 rings (SSSR count). The van der Waals surface area contributed by atoms with Crippen molar-refractivity contribution in [1.82, 2.24) is 0 Å². The average molecular weight is 422 g/mol. The Kier molecular flexibility index (Phi) is 4.86. The van der Waals surface area contributed by atoms with Gasteiger partial charge in [0, 0.05) is 11.4 Å². The van der Waals surface area contributed by atoms with Crippen LogP contribution in [0.1, 0.15) is 0 Å². The molecule has 6 aromatic rings. The number of nitrogens with one attached hydrogen (secondary N) is 1. The largest absolute Gasteiger partial charge is 0.355 e. The van der Waals surface area contributed by atoms with Crippen molar-refractivity contribution in [2.45, 2.75) is 0 Å². The van der Waals surface area contributed by atoms with E-state index in [4.69, 9.17) is 0 Å². The fourth-order valence-corrected chi connectivity index (χ4v) is 4.61. The summed E-state index contributed by atoms with van der Waals surface area (Å²) in [5, 5.41) is 8.65. The van der Waals surface area contributed by atoms with E-state index in [1.807, 2.05) is 6.07 Å². The van der Waals surface area contributed by atoms with E-state index in [2.05, 4.69) is 133 Å². The van der Waals surface area contributed by atoms with E-state index in [0.717, 1.165) is 11.4 Å². The number of anilines is 2. The van der Waals surface area contributed by atoms with E-state index >= 15 is 0 Å². The van der Waals surface area contributed by atoms with Crippen molar-refractivity contribution >= 4 is 32.9 Å². The van der Waals surface area contributed by atoms with Crippen molar-refractivity contribution in [3.8, 4) is 22.3 Å². The van der Waals surface area contributed by atoms with Gasteiger partial charge in [-0.2, -0.15) is 0 Å². The van der Waals surface area contributed by atoms with Crippen molar-refractivity contribution < 1.29 is 0 Å². The lowest BCUT2D eigenvalue weighted by Crippen LogP contribution is -1.93. The number of benzene rings is 6. The highest BCUT2D eigenvalue weighted by Crippen LogP contribution is 2.37. The Morgan fingerprint density at radius 2 is 0.970 bits per heavy atom. The minimum absolute atomic E-state index is 1.08. The third-order valence-electron chi connectivity index (χ3n) is 6.22. The van der Waals surface area contributed by atoms with Crippen LogP contribution >= 0.6 is 0 Å². The summed E-state index contributed by atoms with van der Waals surface area (Å²) in [6, 6.07) is 47.4. The molecule has 6 aromatic carbocycles. The molecule has 1 nitrogen and oxygen atoms in total. The molecule has 33 heavy (non-hydrogen) atoms. The minimum atomic E-state index is 1.08. The van der Waals surface area contributed by atoms with Crippen LogP contribution in [0.15, 0.2) is 133 Å². The van der Waals surface area contributed by atoms with Crippen LogP contribution in [-0.2, 0) is 0 Å². The van der Waals surface area contributed by atoms with Gasteiger partial charge in [0.05, 0.1) is 0 Å². The molecule has 0 radical (unpaired) electrons. The molecular formula is C32H23N. The summed E-state index contributed by atoms with van der Waals surface area (Å²) in [4.78, 5) is 0. The molecule has 0 unspecified atom stereocenters. The van der Waals surface area contributed by atoms with Gasteiger partial charge in [0.1, 0.15) is 0 Å². The Labute approximate surface area is 194 Å². The quantitative estimate of drug-likeness (QED) is 0.299. The summed E-state index contributed by atoms with van der Waals surface area (Å²) >= 11 is 0. The second-order valence-electron chi connectivity index (χ2n) is 8.34. The fraction of sp³-hybridized carbons (Fsp3) is 0. The van der Waals surface area contributed by atoms with Crippen molar-refractivity contribution in [2.24, 2.45) is 0 Å². The number of rotatable bonds is 4. The van der Waals surface area contributed by atoms with E-state index in [1.165, 1.54) is 43.8 Å². The van der Waals surface area contributed by atoms with Crippen molar-refractivity contribution in [1.29, 1.82) is 0 Å². The van der Waals surface area contributed by atoms with Crippen molar-refractivity contribution in [3.05, 3.63) is 133 Å². The van der Waals surface area contributed by atoms with Crippen molar-refractivity contribution in [2.75, 3.05) is 5.32 Å². The van der Waals surface area contributed by atoms with E-state index in [0.29, 0.717) is 0 Å². The Hall–Kier alpha value is -4.36. The summed E-state index contributed by atoms with van der Waals surface area (Å²) in [5.41, 5.74) is 7.11. The third-order valence-corrected chi connectivity index (χ3v) is 6.22. The van der Waals surface area contributed by atoms with Gasteiger partial charge in [0.15, 0.2) is 0 Å². The first-order chi connectivity index (χ1) is 16.3. The van der Waals surface area contributed by atoms with Gasteiger partial charge in [-0.05, 0) is 68.1 Å². The number of fused-ring (bicyclic) bond motifs is 2. The molecule has 0 bridgehead atoms. The Morgan fingerprint density at radius 3 is 1.76 bits per heavy atom. The summed E-state index contributed by atoms with van der Waals surface area (Å²) in [5.74, 6) is 0. The summed E-state index contributed by atoms with van der Waals surface area (Å²) in [6.45, 7) is 0. The van der Waals surface area contributed by atoms with Gasteiger partial charge in [-0.15, -0.1) is 0 Å². The lowest BCUT2D eigenvalue weighted by molar-refractivity contribution is 1.55. The lowest BCUT2D eigenvalue weighted by Gasteiger charge is -2.15. The molecule has 0 aromatic heterocycles. The molecule has 0 amide bonds. The normalized spacial score (nSPS) is 11.0. The van der Waals surface area contributed by atoms with Crippen LogP contribution in [-0.4, -0.2) is 0 Å². The molecule has 1 heteroatoms. The van der Waals surface area contributed by atoms with Crippen LogP contribution < -0.4 is 5.32 Å². The van der Waals surface area contributed by atoms with Crippen LogP contribution in [0, 0.1) is 0 Å². The topological polar surface area (TPSA) is 12.0 Å². The zero-order valence-corrected chi connectivity index (χ0v) is 18.2. The molecule has 0 aliphatic rings. The first-order valence-electron chi connectivity index (χ1n) is 11.3. The maximum Gasteiger partial charge on any atom is 0.0396 e. The van der Waals surface area contributed by atoms with Gasteiger partial charge in [-0.1, -0.05) is 109 Å². The second-order valence-corrected chi connectivity index (χ2v) is 8.34. The highest BCUT2D eigenvalue weighted by atomic mass is 14.9. The van der Waals surface area contributed by atoms with Crippen LogP contribution in [0.5, 0.6) is 0 Å². The van der Waals surface area contributed by atoms with Crippen LogP contribution in [0.3, 0.4) is 0 Å². The molecule has 0 fully saturated rings. The summed E-state index contributed by atoms with van der Waals surface area (Å²) in [6.07, 6.45) is 0. The van der Waals surface area contributed by atoms with Gasteiger partial charge in [-0.3, -0.25) is 0 Å². The summed E-state index contributed by atoms with van der Waals surface area (Å²) in [7, 11) is 0. The van der Waals surface area contributed by atoms with Crippen molar-refractivity contribution in [3.63, 3.8) is 0 Å². The first kappa shape index (κ1) is 19.3. The molecule has 0 aliphatic heterocycles. The minimum Gasteiger partial charge on any atom is -0.355 e. The molecule has 0 spiro atoms. The average Bonchev–Trinajstić information content (AvgIpc) is 2.89.